The van der Waals surface area contributed by atoms with Crippen LogP contribution < -0.4 is 0 Å². The zero-order valence-corrected chi connectivity index (χ0v) is 20.7. The van der Waals surface area contributed by atoms with Crippen molar-refractivity contribution in [3.63, 3.8) is 0 Å². The Balaban J connectivity index is 2.05. The highest BCUT2D eigenvalue weighted by atomic mass is 28.4. The molecule has 4 heteroatoms. The van der Waals surface area contributed by atoms with Crippen LogP contribution in [0.15, 0.2) is 0 Å². The van der Waals surface area contributed by atoms with Gasteiger partial charge in [0, 0.05) is 25.0 Å². The van der Waals surface area contributed by atoms with E-state index in [0.717, 1.165) is 32.3 Å². The van der Waals surface area contributed by atoms with Gasteiger partial charge < -0.3 is 9.53 Å². The summed E-state index contributed by atoms with van der Waals surface area (Å²) in [6, 6.07) is 0. The van der Waals surface area contributed by atoms with E-state index >= 15 is 0 Å². The molecule has 0 radical (unpaired) electrons. The minimum atomic E-state index is -1.84. The Labute approximate surface area is 175 Å². The molecule has 0 amide bonds. The van der Waals surface area contributed by atoms with Gasteiger partial charge in [-0.25, -0.2) is 0 Å². The second kappa shape index (κ2) is 9.74. The van der Waals surface area contributed by atoms with E-state index in [2.05, 4.69) is 55.4 Å². The van der Waals surface area contributed by atoms with Crippen LogP contribution in [0.25, 0.3) is 0 Å². The van der Waals surface area contributed by atoms with Crippen molar-refractivity contribution >= 4 is 14.1 Å². The van der Waals surface area contributed by atoms with Crippen LogP contribution in [0.4, 0.5) is 0 Å². The predicted molar refractivity (Wildman–Crippen MR) is 120 cm³/mol. The molecule has 6 atom stereocenters. The molecule has 2 aliphatic rings. The minimum absolute atomic E-state index is 0.223. The summed E-state index contributed by atoms with van der Waals surface area (Å²) in [6.07, 6.45) is 3.92. The van der Waals surface area contributed by atoms with Crippen molar-refractivity contribution in [3.05, 3.63) is 0 Å². The third-order valence-corrected chi connectivity index (χ3v) is 14.6. The molecule has 0 aromatic heterocycles. The van der Waals surface area contributed by atoms with E-state index in [4.69, 9.17) is 9.53 Å². The molecule has 2 rings (SSSR count). The lowest BCUT2D eigenvalue weighted by Crippen LogP contribution is -2.48. The molecule has 2 fully saturated rings. The third-order valence-electron chi connectivity index (χ3n) is 8.53. The highest BCUT2D eigenvalue weighted by Gasteiger charge is 2.55. The van der Waals surface area contributed by atoms with Crippen LogP contribution in [-0.4, -0.2) is 32.4 Å². The number of carbonyl (C=O) groups is 1. The van der Waals surface area contributed by atoms with Crippen LogP contribution in [0.2, 0.25) is 16.6 Å². The number of Topliss-reactive ketones (excluding diaryl/α,β-unsaturated/α-hetero) is 1. The fourth-order valence-electron chi connectivity index (χ4n) is 7.06. The molecule has 0 aliphatic heterocycles. The maximum atomic E-state index is 13.2. The highest BCUT2D eigenvalue weighted by Crippen LogP contribution is 2.55. The van der Waals surface area contributed by atoms with Gasteiger partial charge >= 0.3 is 0 Å². The lowest BCUT2D eigenvalue weighted by atomic mass is 9.84. The minimum Gasteiger partial charge on any atom is -0.416 e. The summed E-state index contributed by atoms with van der Waals surface area (Å²) in [5.74, 6) is 3.00. The van der Waals surface area contributed by atoms with Crippen LogP contribution in [0.5, 0.6) is 0 Å². The van der Waals surface area contributed by atoms with Crippen LogP contribution in [0.1, 0.15) is 81.1 Å². The molecule has 1 N–H and O–H groups in total. The van der Waals surface area contributed by atoms with Crippen molar-refractivity contribution in [2.45, 2.75) is 97.7 Å². The van der Waals surface area contributed by atoms with E-state index in [0.29, 0.717) is 46.1 Å². The van der Waals surface area contributed by atoms with Gasteiger partial charge in [0.25, 0.3) is 0 Å². The topological polar surface area (TPSA) is 46.5 Å². The standard InChI is InChI=1S/C24H46O3Si/c1-15(2)28(16(3)4,17(5)6)27-14-20-13-22-19(8)21(11-9-10-12-25)24(26)23(22)18(20)7/h15-23,25H,9-14H2,1-8H3/t18-,19-,20-,21-,22+,23+/m1/s1. The second-order valence-corrected chi connectivity index (χ2v) is 16.2. The lowest BCUT2D eigenvalue weighted by Gasteiger charge is -2.43. The highest BCUT2D eigenvalue weighted by molar-refractivity contribution is 6.77. The second-order valence-electron chi connectivity index (χ2n) is 10.8. The number of aliphatic hydroxyl groups is 1. The number of carbonyl (C=O) groups excluding carboxylic acids is 1. The first-order valence-electron chi connectivity index (χ1n) is 11.9. The van der Waals surface area contributed by atoms with Gasteiger partial charge in [-0.2, -0.15) is 0 Å². The van der Waals surface area contributed by atoms with E-state index in [9.17, 15) is 4.79 Å². The number of rotatable bonds is 10. The molecular formula is C24H46O3Si. The number of unbranched alkanes of at least 4 members (excludes halogenated alkanes) is 1. The zero-order chi connectivity index (χ0) is 21.2. The van der Waals surface area contributed by atoms with Gasteiger partial charge in [0.1, 0.15) is 5.78 Å². The van der Waals surface area contributed by atoms with Gasteiger partial charge in [0.2, 0.25) is 0 Å². The molecule has 2 aliphatic carbocycles. The van der Waals surface area contributed by atoms with E-state index in [1.165, 1.54) is 0 Å². The Kier molecular flexibility index (Phi) is 8.38. The van der Waals surface area contributed by atoms with Crippen LogP contribution >= 0.6 is 0 Å². The molecule has 3 nitrogen and oxygen atoms in total. The number of hydrogen-bond acceptors (Lipinski definition) is 3. The maximum absolute atomic E-state index is 13.2. The molecule has 0 heterocycles. The van der Waals surface area contributed by atoms with Crippen molar-refractivity contribution in [2.24, 2.45) is 35.5 Å². The fraction of sp³-hybridized carbons (Fsp3) is 0.958. The first-order chi connectivity index (χ1) is 13.1. The van der Waals surface area contributed by atoms with Crippen LogP contribution in [0.3, 0.4) is 0 Å². The van der Waals surface area contributed by atoms with Gasteiger partial charge in [0.05, 0.1) is 0 Å². The Hall–Kier alpha value is -0.193. The Morgan fingerprint density at radius 2 is 1.57 bits per heavy atom. The Bertz CT molecular complexity index is 494. The van der Waals surface area contributed by atoms with Crippen molar-refractivity contribution in [2.75, 3.05) is 13.2 Å². The summed E-state index contributed by atoms with van der Waals surface area (Å²) in [7, 11) is -1.84. The van der Waals surface area contributed by atoms with E-state index in [1.807, 2.05) is 0 Å². The molecule has 0 unspecified atom stereocenters. The largest absolute Gasteiger partial charge is 0.416 e. The third kappa shape index (κ3) is 4.30. The smallest absolute Gasteiger partial charge is 0.200 e. The summed E-state index contributed by atoms with van der Waals surface area (Å²) in [5.41, 5.74) is 1.83. The molecule has 0 aromatic carbocycles. The summed E-state index contributed by atoms with van der Waals surface area (Å²) < 4.78 is 6.91. The normalized spacial score (nSPS) is 33.5. The van der Waals surface area contributed by atoms with Crippen molar-refractivity contribution in [1.82, 2.24) is 0 Å². The van der Waals surface area contributed by atoms with Crippen molar-refractivity contribution in [1.29, 1.82) is 0 Å². The SMILES string of the molecule is CC(C)[Si](OC[C@H]1C[C@H]2[C@H](C)[C@@H](CCCCO)C(=O)[C@H]2[C@@H]1C)(C(C)C)C(C)C. The Morgan fingerprint density at radius 1 is 1.00 bits per heavy atom. The van der Waals surface area contributed by atoms with Gasteiger partial charge in [-0.05, 0) is 59.6 Å². The zero-order valence-electron chi connectivity index (χ0n) is 19.7. The quantitative estimate of drug-likeness (QED) is 0.351. The molecule has 164 valence electrons. The van der Waals surface area contributed by atoms with Gasteiger partial charge in [-0.15, -0.1) is 0 Å². The van der Waals surface area contributed by atoms with Gasteiger partial charge in [-0.1, -0.05) is 61.8 Å². The van der Waals surface area contributed by atoms with Crippen LogP contribution in [-0.2, 0) is 9.22 Å². The maximum Gasteiger partial charge on any atom is 0.200 e. The number of aliphatic hydroxyl groups excluding tert-OH is 1. The molecule has 2 saturated carbocycles. The molecule has 28 heavy (non-hydrogen) atoms. The lowest BCUT2D eigenvalue weighted by molar-refractivity contribution is -0.125. The Morgan fingerprint density at radius 3 is 2.04 bits per heavy atom. The average Bonchev–Trinajstić information content (AvgIpc) is 3.05. The van der Waals surface area contributed by atoms with Gasteiger partial charge in [0.15, 0.2) is 8.32 Å². The molecule has 0 spiro atoms. The summed E-state index contributed by atoms with van der Waals surface area (Å²) in [6.45, 7) is 19.8. The molecule has 0 saturated heterocycles. The van der Waals surface area contributed by atoms with E-state index < -0.39 is 8.32 Å². The van der Waals surface area contributed by atoms with Crippen molar-refractivity contribution < 1.29 is 14.3 Å². The number of fused-ring (bicyclic) bond motifs is 1. The monoisotopic (exact) mass is 410 g/mol. The van der Waals surface area contributed by atoms with E-state index in [-0.39, 0.29) is 18.4 Å². The molecule has 0 aromatic rings. The average molecular weight is 411 g/mol. The van der Waals surface area contributed by atoms with Crippen LogP contribution in [0, 0.1) is 35.5 Å². The first kappa shape index (κ1) is 24.1. The molecular weight excluding hydrogens is 364 g/mol. The predicted octanol–water partition coefficient (Wildman–Crippen LogP) is 6.06. The van der Waals surface area contributed by atoms with Gasteiger partial charge in [-0.3, -0.25) is 4.79 Å². The summed E-state index contributed by atoms with van der Waals surface area (Å²) in [5, 5.41) is 9.06. The van der Waals surface area contributed by atoms with Crippen molar-refractivity contribution in [3.8, 4) is 0 Å². The summed E-state index contributed by atoms with van der Waals surface area (Å²) >= 11 is 0. The van der Waals surface area contributed by atoms with E-state index in [1.54, 1.807) is 0 Å². The summed E-state index contributed by atoms with van der Waals surface area (Å²) in [4.78, 5) is 13.2. The number of ketones is 1. The molecule has 0 bridgehead atoms. The first-order valence-corrected chi connectivity index (χ1v) is 14.0. The number of hydrogen-bond donors (Lipinski definition) is 1. The fourth-order valence-corrected chi connectivity index (χ4v) is 12.6.